The molecule has 0 aliphatic heterocycles. The van der Waals surface area contributed by atoms with Gasteiger partial charge in [0.15, 0.2) is 0 Å². The van der Waals surface area contributed by atoms with Gasteiger partial charge in [0.05, 0.1) is 0 Å². The van der Waals surface area contributed by atoms with Crippen LogP contribution in [0.5, 0.6) is 0 Å². The largest absolute Gasteiger partial charge is 0.359 e. The molecule has 0 atom stereocenters. The predicted octanol–water partition coefficient (Wildman–Crippen LogP) is 1.09. The van der Waals surface area contributed by atoms with Crippen LogP contribution in [0.1, 0.15) is 12.6 Å². The van der Waals surface area contributed by atoms with E-state index in [-0.39, 0.29) is 0 Å². The van der Waals surface area contributed by atoms with E-state index in [0.29, 0.717) is 0 Å². The Morgan fingerprint density at radius 3 is 2.73 bits per heavy atom. The second-order valence-electron chi connectivity index (χ2n) is 2.58. The van der Waals surface area contributed by atoms with Gasteiger partial charge in [0.25, 0.3) is 0 Å². The van der Waals surface area contributed by atoms with Gasteiger partial charge in [-0.1, -0.05) is 24.8 Å². The van der Waals surface area contributed by atoms with Crippen LogP contribution in [0.3, 0.4) is 0 Å². The molecule has 1 rings (SSSR count). The average molecular weight is 147 g/mol. The minimum Gasteiger partial charge on any atom is -0.359 e. The molecule has 11 heavy (non-hydrogen) atoms. The van der Waals surface area contributed by atoms with E-state index in [9.17, 15) is 0 Å². The monoisotopic (exact) mass is 147 g/mol. The van der Waals surface area contributed by atoms with Crippen LogP contribution in [-0.2, 0) is 0 Å². The number of allylic oxidation sites excluding steroid dienone is 2. The standard InChI is InChI=1S/C10H13N/c1-4-5-6-10-7-8(2)11-9(10)3/h4-7,11H,3H2,1-2H3/b5-4-,10-6-. The quantitative estimate of drug-likeness (QED) is 0.612. The third-order valence-corrected chi connectivity index (χ3v) is 1.54. The van der Waals surface area contributed by atoms with Crippen LogP contribution in [0, 0.1) is 6.92 Å². The second-order valence-corrected chi connectivity index (χ2v) is 2.58. The molecule has 1 aromatic heterocycles. The van der Waals surface area contributed by atoms with Gasteiger partial charge in [-0.05, 0) is 25.1 Å². The van der Waals surface area contributed by atoms with Crippen LogP contribution in [0.2, 0.25) is 0 Å². The van der Waals surface area contributed by atoms with E-state index in [2.05, 4.69) is 17.6 Å². The molecular formula is C10H13N. The van der Waals surface area contributed by atoms with Gasteiger partial charge in [0.2, 0.25) is 0 Å². The molecule has 0 fully saturated rings. The van der Waals surface area contributed by atoms with Gasteiger partial charge in [-0.2, -0.15) is 0 Å². The van der Waals surface area contributed by atoms with Gasteiger partial charge in [-0.15, -0.1) is 0 Å². The number of nitrogens with one attached hydrogen (secondary N) is 1. The Morgan fingerprint density at radius 1 is 1.55 bits per heavy atom. The highest BCUT2D eigenvalue weighted by molar-refractivity contribution is 5.37. The van der Waals surface area contributed by atoms with Crippen molar-refractivity contribution in [1.82, 2.24) is 4.98 Å². The molecule has 0 bridgehead atoms. The fraction of sp³-hybridized carbons (Fsp3) is 0.200. The number of H-pyrrole nitrogens is 1. The molecule has 0 aliphatic rings. The Morgan fingerprint density at radius 2 is 2.27 bits per heavy atom. The van der Waals surface area contributed by atoms with Gasteiger partial charge >= 0.3 is 0 Å². The van der Waals surface area contributed by atoms with Crippen molar-refractivity contribution in [1.29, 1.82) is 0 Å². The highest BCUT2D eigenvalue weighted by Gasteiger charge is 1.85. The summed E-state index contributed by atoms with van der Waals surface area (Å²) < 4.78 is 0. The number of hydrogen-bond donors (Lipinski definition) is 1. The first-order chi connectivity index (χ1) is 5.24. The summed E-state index contributed by atoms with van der Waals surface area (Å²) in [6.07, 6.45) is 6.06. The lowest BCUT2D eigenvalue weighted by Gasteiger charge is -1.72. The number of aromatic nitrogens is 1. The first-order valence-corrected chi connectivity index (χ1v) is 3.71. The molecule has 0 aromatic carbocycles. The van der Waals surface area contributed by atoms with Crippen LogP contribution in [0.25, 0.3) is 12.7 Å². The van der Waals surface area contributed by atoms with Crippen molar-refractivity contribution >= 4 is 12.7 Å². The summed E-state index contributed by atoms with van der Waals surface area (Å²) in [5.74, 6) is 0. The van der Waals surface area contributed by atoms with E-state index >= 15 is 0 Å². The molecule has 0 unspecified atom stereocenters. The van der Waals surface area contributed by atoms with Crippen molar-refractivity contribution in [2.75, 3.05) is 0 Å². The van der Waals surface area contributed by atoms with Crippen LogP contribution >= 0.6 is 0 Å². The second kappa shape index (κ2) is 3.24. The van der Waals surface area contributed by atoms with E-state index in [1.807, 2.05) is 32.1 Å². The number of aryl methyl sites for hydroxylation is 1. The molecule has 0 saturated heterocycles. The maximum absolute atomic E-state index is 3.87. The Kier molecular flexibility index (Phi) is 2.32. The van der Waals surface area contributed by atoms with E-state index in [0.717, 1.165) is 11.0 Å². The molecule has 0 spiro atoms. The molecule has 1 heterocycles. The van der Waals surface area contributed by atoms with Crippen molar-refractivity contribution in [3.8, 4) is 0 Å². The SMILES string of the molecule is C=c1[nH]c(C)c/c1=C/C=C\C. The molecule has 58 valence electrons. The van der Waals surface area contributed by atoms with Crippen LogP contribution in [0.15, 0.2) is 18.2 Å². The number of rotatable bonds is 1. The fourth-order valence-electron chi connectivity index (χ4n) is 1.02. The summed E-state index contributed by atoms with van der Waals surface area (Å²) in [4.78, 5) is 3.14. The zero-order valence-electron chi connectivity index (χ0n) is 7.02. The zero-order chi connectivity index (χ0) is 8.27. The molecule has 1 aromatic rings. The maximum atomic E-state index is 3.87. The topological polar surface area (TPSA) is 15.8 Å². The lowest BCUT2D eigenvalue weighted by Crippen LogP contribution is -2.19. The van der Waals surface area contributed by atoms with E-state index < -0.39 is 0 Å². The Bertz CT molecular complexity index is 355. The third kappa shape index (κ3) is 1.84. The normalized spacial score (nSPS) is 13.1. The average Bonchev–Trinajstić information content (AvgIpc) is 2.26. The predicted molar refractivity (Wildman–Crippen MR) is 49.6 cm³/mol. The van der Waals surface area contributed by atoms with Gasteiger partial charge in [-0.25, -0.2) is 0 Å². The fourth-order valence-corrected chi connectivity index (χ4v) is 1.02. The maximum Gasteiger partial charge on any atom is 0.0382 e. The van der Waals surface area contributed by atoms with E-state index in [1.165, 1.54) is 5.22 Å². The lowest BCUT2D eigenvalue weighted by atomic mass is 10.3. The number of hydrogen-bond acceptors (Lipinski definition) is 0. The van der Waals surface area contributed by atoms with E-state index in [1.54, 1.807) is 0 Å². The van der Waals surface area contributed by atoms with Crippen molar-refractivity contribution in [3.05, 3.63) is 34.5 Å². The van der Waals surface area contributed by atoms with Crippen molar-refractivity contribution in [2.24, 2.45) is 0 Å². The Hall–Kier alpha value is -1.24. The number of aromatic amines is 1. The van der Waals surface area contributed by atoms with Crippen molar-refractivity contribution in [2.45, 2.75) is 13.8 Å². The molecular weight excluding hydrogens is 134 g/mol. The molecule has 0 aliphatic carbocycles. The summed E-state index contributed by atoms with van der Waals surface area (Å²) >= 11 is 0. The highest BCUT2D eigenvalue weighted by Crippen LogP contribution is 1.79. The van der Waals surface area contributed by atoms with Gasteiger partial charge in [0.1, 0.15) is 0 Å². The smallest absolute Gasteiger partial charge is 0.0382 e. The van der Waals surface area contributed by atoms with Crippen molar-refractivity contribution < 1.29 is 0 Å². The van der Waals surface area contributed by atoms with Crippen LogP contribution < -0.4 is 10.6 Å². The molecule has 1 heteroatoms. The van der Waals surface area contributed by atoms with Gasteiger partial charge < -0.3 is 4.98 Å². The van der Waals surface area contributed by atoms with Crippen LogP contribution in [-0.4, -0.2) is 4.98 Å². The van der Waals surface area contributed by atoms with E-state index in [4.69, 9.17) is 0 Å². The zero-order valence-corrected chi connectivity index (χ0v) is 7.02. The summed E-state index contributed by atoms with van der Waals surface area (Å²) in [5, 5.41) is 2.15. The summed E-state index contributed by atoms with van der Waals surface area (Å²) in [6.45, 7) is 7.90. The van der Waals surface area contributed by atoms with Gasteiger partial charge in [-0.3, -0.25) is 0 Å². The summed E-state index contributed by atoms with van der Waals surface area (Å²) in [5.41, 5.74) is 1.16. The lowest BCUT2D eigenvalue weighted by molar-refractivity contribution is 1.22. The summed E-state index contributed by atoms with van der Waals surface area (Å²) in [6, 6.07) is 2.09. The molecule has 0 saturated carbocycles. The molecule has 0 amide bonds. The summed E-state index contributed by atoms with van der Waals surface area (Å²) in [7, 11) is 0. The first-order valence-electron chi connectivity index (χ1n) is 3.71. The van der Waals surface area contributed by atoms with Crippen molar-refractivity contribution in [3.63, 3.8) is 0 Å². The minimum absolute atomic E-state index is 0.987. The molecule has 0 radical (unpaired) electrons. The third-order valence-electron chi connectivity index (χ3n) is 1.54. The Balaban J connectivity index is 3.23. The molecule has 1 nitrogen and oxygen atoms in total. The first kappa shape index (κ1) is 7.86. The van der Waals surface area contributed by atoms with Gasteiger partial charge in [0, 0.05) is 11.0 Å². The minimum atomic E-state index is 0.987. The molecule has 1 N–H and O–H groups in total. The Labute approximate surface area is 66.8 Å². The highest BCUT2D eigenvalue weighted by atomic mass is 14.7. The van der Waals surface area contributed by atoms with Crippen LogP contribution in [0.4, 0.5) is 0 Å².